The molecule has 0 amide bonds. The zero-order chi connectivity index (χ0) is 13.1. The van der Waals surface area contributed by atoms with Gasteiger partial charge >= 0.3 is 0 Å². The van der Waals surface area contributed by atoms with Crippen molar-refractivity contribution in [3.05, 3.63) is 0 Å². The fourth-order valence-electron chi connectivity index (χ4n) is 3.37. The summed E-state index contributed by atoms with van der Waals surface area (Å²) < 4.78 is 22.9. The molecule has 2 saturated heterocycles. The van der Waals surface area contributed by atoms with Crippen LogP contribution >= 0.6 is 0 Å². The van der Waals surface area contributed by atoms with Gasteiger partial charge in [0.25, 0.3) is 0 Å². The Balaban J connectivity index is 1.93. The summed E-state index contributed by atoms with van der Waals surface area (Å²) in [5.74, 6) is 0.700. The second kappa shape index (κ2) is 5.88. The molecule has 0 bridgehead atoms. The SMILES string of the molecule is CCCC1(CN2CCS(=O)(=O)CC2)CCCNC1. The van der Waals surface area contributed by atoms with Crippen LogP contribution in [-0.2, 0) is 9.84 Å². The molecule has 0 aromatic rings. The minimum atomic E-state index is -2.75. The van der Waals surface area contributed by atoms with E-state index < -0.39 is 9.84 Å². The molecule has 4 nitrogen and oxygen atoms in total. The molecule has 2 rings (SSSR count). The Hall–Kier alpha value is -0.130. The van der Waals surface area contributed by atoms with E-state index in [4.69, 9.17) is 0 Å². The molecule has 1 N–H and O–H groups in total. The molecular formula is C13H26N2O2S. The molecule has 0 aromatic heterocycles. The molecule has 0 radical (unpaired) electrons. The van der Waals surface area contributed by atoms with Gasteiger partial charge in [0.1, 0.15) is 0 Å². The van der Waals surface area contributed by atoms with Gasteiger partial charge in [-0.1, -0.05) is 13.3 Å². The van der Waals surface area contributed by atoms with E-state index in [0.29, 0.717) is 16.9 Å². The van der Waals surface area contributed by atoms with Crippen LogP contribution in [0.15, 0.2) is 0 Å². The number of sulfone groups is 1. The van der Waals surface area contributed by atoms with E-state index in [2.05, 4.69) is 17.1 Å². The molecule has 0 spiro atoms. The molecular weight excluding hydrogens is 248 g/mol. The van der Waals surface area contributed by atoms with Gasteiger partial charge in [0.2, 0.25) is 0 Å². The van der Waals surface area contributed by atoms with Gasteiger partial charge in [0.05, 0.1) is 11.5 Å². The van der Waals surface area contributed by atoms with Gasteiger partial charge in [-0.15, -0.1) is 0 Å². The predicted octanol–water partition coefficient (Wildman–Crippen LogP) is 0.887. The average molecular weight is 274 g/mol. The molecule has 5 heteroatoms. The summed E-state index contributed by atoms with van der Waals surface area (Å²) in [5, 5.41) is 3.52. The van der Waals surface area contributed by atoms with Crippen LogP contribution in [-0.4, -0.2) is 57.5 Å². The van der Waals surface area contributed by atoms with Gasteiger partial charge < -0.3 is 10.2 Å². The third-order valence-corrected chi connectivity index (χ3v) is 5.95. The summed E-state index contributed by atoms with van der Waals surface area (Å²) >= 11 is 0. The van der Waals surface area contributed by atoms with E-state index in [1.54, 1.807) is 0 Å². The van der Waals surface area contributed by atoms with Crippen molar-refractivity contribution < 1.29 is 8.42 Å². The van der Waals surface area contributed by atoms with Crippen LogP contribution in [0.1, 0.15) is 32.6 Å². The van der Waals surface area contributed by atoms with Gasteiger partial charge in [-0.2, -0.15) is 0 Å². The van der Waals surface area contributed by atoms with E-state index in [1.807, 2.05) is 0 Å². The minimum absolute atomic E-state index is 0.350. The Morgan fingerprint density at radius 3 is 2.56 bits per heavy atom. The molecule has 2 aliphatic heterocycles. The van der Waals surface area contributed by atoms with Crippen LogP contribution in [0.3, 0.4) is 0 Å². The molecule has 0 aliphatic carbocycles. The predicted molar refractivity (Wildman–Crippen MR) is 74.5 cm³/mol. The molecule has 18 heavy (non-hydrogen) atoms. The zero-order valence-corrected chi connectivity index (χ0v) is 12.3. The fourth-order valence-corrected chi connectivity index (χ4v) is 4.65. The summed E-state index contributed by atoms with van der Waals surface area (Å²) in [6.07, 6.45) is 5.01. The second-order valence-electron chi connectivity index (χ2n) is 5.96. The van der Waals surface area contributed by atoms with E-state index in [-0.39, 0.29) is 0 Å². The van der Waals surface area contributed by atoms with E-state index in [0.717, 1.165) is 32.7 Å². The van der Waals surface area contributed by atoms with Gasteiger partial charge in [0, 0.05) is 26.2 Å². The Kier molecular flexibility index (Phi) is 4.67. The molecule has 106 valence electrons. The lowest BCUT2D eigenvalue weighted by Gasteiger charge is -2.42. The van der Waals surface area contributed by atoms with Crippen molar-refractivity contribution in [2.24, 2.45) is 5.41 Å². The monoisotopic (exact) mass is 274 g/mol. The third kappa shape index (κ3) is 3.68. The summed E-state index contributed by atoms with van der Waals surface area (Å²) in [5.41, 5.74) is 0.383. The van der Waals surface area contributed by atoms with Crippen molar-refractivity contribution >= 4 is 9.84 Å². The molecule has 2 heterocycles. The van der Waals surface area contributed by atoms with Crippen LogP contribution < -0.4 is 5.32 Å². The Labute approximate surface area is 111 Å². The van der Waals surface area contributed by atoms with Crippen molar-refractivity contribution in [1.82, 2.24) is 10.2 Å². The zero-order valence-electron chi connectivity index (χ0n) is 11.5. The van der Waals surface area contributed by atoms with Crippen LogP contribution in [0, 0.1) is 5.41 Å². The second-order valence-corrected chi connectivity index (χ2v) is 8.26. The first-order valence-electron chi connectivity index (χ1n) is 7.19. The largest absolute Gasteiger partial charge is 0.316 e. The lowest BCUT2D eigenvalue weighted by atomic mass is 9.76. The third-order valence-electron chi connectivity index (χ3n) is 4.34. The summed E-state index contributed by atoms with van der Waals surface area (Å²) in [7, 11) is -2.75. The van der Waals surface area contributed by atoms with Gasteiger partial charge in [-0.3, -0.25) is 0 Å². The van der Waals surface area contributed by atoms with Crippen molar-refractivity contribution in [3.8, 4) is 0 Å². The van der Waals surface area contributed by atoms with E-state index in [9.17, 15) is 8.42 Å². The van der Waals surface area contributed by atoms with Crippen LogP contribution in [0.2, 0.25) is 0 Å². The topological polar surface area (TPSA) is 49.4 Å². The fraction of sp³-hybridized carbons (Fsp3) is 1.00. The van der Waals surface area contributed by atoms with Crippen molar-refractivity contribution in [3.63, 3.8) is 0 Å². The average Bonchev–Trinajstić information content (AvgIpc) is 2.34. The number of nitrogens with zero attached hydrogens (tertiary/aromatic N) is 1. The number of nitrogens with one attached hydrogen (secondary N) is 1. The van der Waals surface area contributed by atoms with Crippen molar-refractivity contribution in [2.75, 3.05) is 44.2 Å². The highest BCUT2D eigenvalue weighted by Gasteiger charge is 2.34. The van der Waals surface area contributed by atoms with Crippen LogP contribution in [0.4, 0.5) is 0 Å². The van der Waals surface area contributed by atoms with E-state index in [1.165, 1.54) is 25.7 Å². The highest BCUT2D eigenvalue weighted by atomic mass is 32.2. The molecule has 0 saturated carbocycles. The van der Waals surface area contributed by atoms with Gasteiger partial charge in [-0.05, 0) is 31.2 Å². The molecule has 0 aromatic carbocycles. The normalized spacial score (nSPS) is 33.4. The van der Waals surface area contributed by atoms with Crippen LogP contribution in [0.5, 0.6) is 0 Å². The smallest absolute Gasteiger partial charge is 0.152 e. The first-order chi connectivity index (χ1) is 8.55. The van der Waals surface area contributed by atoms with Crippen molar-refractivity contribution in [2.45, 2.75) is 32.6 Å². The maximum atomic E-state index is 11.5. The minimum Gasteiger partial charge on any atom is -0.316 e. The maximum absolute atomic E-state index is 11.5. The lowest BCUT2D eigenvalue weighted by Crippen LogP contribution is -2.51. The number of piperidine rings is 1. The van der Waals surface area contributed by atoms with E-state index >= 15 is 0 Å². The summed E-state index contributed by atoms with van der Waals surface area (Å²) in [6.45, 7) is 7.02. The number of rotatable bonds is 4. The molecule has 2 aliphatic rings. The first kappa shape index (κ1) is 14.3. The Bertz CT molecular complexity index is 342. The highest BCUT2D eigenvalue weighted by Crippen LogP contribution is 2.32. The summed E-state index contributed by atoms with van der Waals surface area (Å²) in [4.78, 5) is 2.36. The molecule has 1 unspecified atom stereocenters. The molecule has 1 atom stereocenters. The number of hydrogen-bond donors (Lipinski definition) is 1. The standard InChI is InChI=1S/C13H26N2O2S/c1-2-4-13(5-3-6-14-11-13)12-15-7-9-18(16,17)10-8-15/h14H,2-12H2,1H3. The van der Waals surface area contributed by atoms with Crippen molar-refractivity contribution in [1.29, 1.82) is 0 Å². The Morgan fingerprint density at radius 2 is 2.00 bits per heavy atom. The van der Waals surface area contributed by atoms with Gasteiger partial charge in [-0.25, -0.2) is 8.42 Å². The number of hydrogen-bond acceptors (Lipinski definition) is 4. The highest BCUT2D eigenvalue weighted by molar-refractivity contribution is 7.91. The van der Waals surface area contributed by atoms with Crippen LogP contribution in [0.25, 0.3) is 0 Å². The lowest BCUT2D eigenvalue weighted by molar-refractivity contribution is 0.111. The molecule has 2 fully saturated rings. The summed E-state index contributed by atoms with van der Waals surface area (Å²) in [6, 6.07) is 0. The first-order valence-corrected chi connectivity index (χ1v) is 9.01. The quantitative estimate of drug-likeness (QED) is 0.827. The van der Waals surface area contributed by atoms with Gasteiger partial charge in [0.15, 0.2) is 9.84 Å². The Morgan fingerprint density at radius 1 is 1.28 bits per heavy atom. The maximum Gasteiger partial charge on any atom is 0.152 e.